The maximum atomic E-state index is 11.7. The number of piperidine rings is 1. The summed E-state index contributed by atoms with van der Waals surface area (Å²) < 4.78 is 5.32. The van der Waals surface area contributed by atoms with E-state index in [-0.39, 0.29) is 6.09 Å². The summed E-state index contributed by atoms with van der Waals surface area (Å²) in [5, 5.41) is 3.02. The number of amides is 1. The predicted molar refractivity (Wildman–Crippen MR) is 78.7 cm³/mol. The Morgan fingerprint density at radius 1 is 1.20 bits per heavy atom. The Bertz CT molecular complexity index is 368. The monoisotopic (exact) mass is 280 g/mol. The molecule has 1 N–H and O–H groups in total. The largest absolute Gasteiger partial charge is 0.444 e. The Morgan fingerprint density at radius 2 is 1.80 bits per heavy atom. The summed E-state index contributed by atoms with van der Waals surface area (Å²) in [5.41, 5.74) is 0.117. The molecule has 3 aliphatic rings. The molecule has 20 heavy (non-hydrogen) atoms. The fraction of sp³-hybridized carbons (Fsp3) is 0.938. The topological polar surface area (TPSA) is 41.6 Å². The smallest absolute Gasteiger partial charge is 0.407 e. The van der Waals surface area contributed by atoms with Crippen LogP contribution in [0.15, 0.2) is 0 Å². The Hall–Kier alpha value is -0.770. The van der Waals surface area contributed by atoms with Gasteiger partial charge in [0.05, 0.1) is 0 Å². The quantitative estimate of drug-likeness (QED) is 0.845. The minimum atomic E-state index is -0.402. The van der Waals surface area contributed by atoms with Crippen molar-refractivity contribution in [1.29, 1.82) is 0 Å². The van der Waals surface area contributed by atoms with Crippen molar-refractivity contribution in [2.75, 3.05) is 13.1 Å². The van der Waals surface area contributed by atoms with Gasteiger partial charge in [0.2, 0.25) is 0 Å². The summed E-state index contributed by atoms with van der Waals surface area (Å²) in [6, 6.07) is 1.24. The van der Waals surface area contributed by atoms with Gasteiger partial charge in [-0.3, -0.25) is 0 Å². The van der Waals surface area contributed by atoms with E-state index >= 15 is 0 Å². The van der Waals surface area contributed by atoms with Crippen molar-refractivity contribution in [3.05, 3.63) is 0 Å². The first-order chi connectivity index (χ1) is 9.35. The number of carbonyl (C=O) groups excluding carboxylic acids is 1. The number of ether oxygens (including phenoxy) is 1. The van der Waals surface area contributed by atoms with Gasteiger partial charge in [0, 0.05) is 12.1 Å². The Labute approximate surface area is 122 Å². The van der Waals surface area contributed by atoms with E-state index in [1.807, 2.05) is 20.8 Å². The summed E-state index contributed by atoms with van der Waals surface area (Å²) in [7, 11) is 0. The van der Waals surface area contributed by atoms with Crippen LogP contribution in [0.4, 0.5) is 4.79 Å². The van der Waals surface area contributed by atoms with Crippen LogP contribution >= 0.6 is 0 Å². The van der Waals surface area contributed by atoms with Crippen LogP contribution in [0.3, 0.4) is 0 Å². The summed E-state index contributed by atoms with van der Waals surface area (Å²) in [5.74, 6) is 0. The predicted octanol–water partition coefficient (Wildman–Crippen LogP) is 2.92. The number of likely N-dealkylation sites (tertiary alicyclic amines) is 1. The molecule has 4 heteroatoms. The molecule has 3 fully saturated rings. The molecule has 0 unspecified atom stereocenters. The first-order valence-electron chi connectivity index (χ1n) is 8.09. The molecule has 1 spiro atoms. The third kappa shape index (κ3) is 3.27. The van der Waals surface area contributed by atoms with Crippen molar-refractivity contribution < 1.29 is 9.53 Å². The summed E-state index contributed by atoms with van der Waals surface area (Å²) in [6.07, 6.45) is 7.49. The van der Waals surface area contributed by atoms with Gasteiger partial charge in [-0.15, -0.1) is 0 Å². The molecule has 4 nitrogen and oxygen atoms in total. The number of alkyl carbamates (subject to hydrolysis) is 1. The van der Waals surface area contributed by atoms with Crippen LogP contribution in [-0.4, -0.2) is 41.8 Å². The molecule has 1 saturated heterocycles. The first kappa shape index (κ1) is 14.2. The molecule has 0 radical (unpaired) electrons. The molecule has 0 aromatic carbocycles. The highest BCUT2D eigenvalue weighted by molar-refractivity contribution is 5.68. The van der Waals surface area contributed by atoms with Crippen molar-refractivity contribution in [2.45, 2.75) is 77.0 Å². The van der Waals surface area contributed by atoms with E-state index in [2.05, 4.69) is 10.2 Å². The molecule has 0 atom stereocenters. The van der Waals surface area contributed by atoms with Gasteiger partial charge in [0.15, 0.2) is 0 Å². The van der Waals surface area contributed by atoms with Crippen molar-refractivity contribution in [3.8, 4) is 0 Å². The minimum absolute atomic E-state index is 0.257. The molecular formula is C16H28N2O2. The lowest BCUT2D eigenvalue weighted by molar-refractivity contribution is -0.00415. The van der Waals surface area contributed by atoms with Crippen LogP contribution in [0, 0.1) is 5.41 Å². The number of nitrogens with one attached hydrogen (secondary N) is 1. The first-order valence-corrected chi connectivity index (χ1v) is 8.09. The van der Waals surface area contributed by atoms with E-state index < -0.39 is 5.60 Å². The van der Waals surface area contributed by atoms with Gasteiger partial charge < -0.3 is 15.0 Å². The second-order valence-electron chi connectivity index (χ2n) is 8.02. The third-order valence-corrected chi connectivity index (χ3v) is 5.00. The third-order valence-electron chi connectivity index (χ3n) is 5.00. The number of rotatable bonds is 2. The molecule has 3 rings (SSSR count). The summed E-state index contributed by atoms with van der Waals surface area (Å²) in [6.45, 7) is 8.25. The molecule has 1 amide bonds. The lowest BCUT2D eigenvalue weighted by Gasteiger charge is -2.52. The highest BCUT2D eigenvalue weighted by Gasteiger charge is 2.47. The summed E-state index contributed by atoms with van der Waals surface area (Å²) >= 11 is 0. The molecule has 0 aromatic heterocycles. The Balaban J connectivity index is 1.39. The second kappa shape index (κ2) is 4.90. The van der Waals surface area contributed by atoms with Crippen molar-refractivity contribution in [2.24, 2.45) is 5.41 Å². The molecule has 0 bridgehead atoms. The molecule has 114 valence electrons. The Morgan fingerprint density at radius 3 is 2.30 bits per heavy atom. The van der Waals surface area contributed by atoms with Crippen LogP contribution in [0.5, 0.6) is 0 Å². The minimum Gasteiger partial charge on any atom is -0.444 e. The van der Waals surface area contributed by atoms with Crippen LogP contribution < -0.4 is 5.32 Å². The van der Waals surface area contributed by atoms with Gasteiger partial charge in [-0.05, 0) is 77.8 Å². The fourth-order valence-corrected chi connectivity index (χ4v) is 3.77. The van der Waals surface area contributed by atoms with Crippen LogP contribution in [0.1, 0.15) is 59.3 Å². The van der Waals surface area contributed by atoms with E-state index in [4.69, 9.17) is 4.74 Å². The molecule has 0 aromatic rings. The van der Waals surface area contributed by atoms with E-state index in [9.17, 15) is 4.79 Å². The lowest BCUT2D eigenvalue weighted by Crippen LogP contribution is -2.55. The number of nitrogens with zero attached hydrogens (tertiary/aromatic N) is 1. The van der Waals surface area contributed by atoms with Crippen LogP contribution in [-0.2, 0) is 4.74 Å². The maximum Gasteiger partial charge on any atom is 0.407 e. The van der Waals surface area contributed by atoms with Crippen LogP contribution in [0.25, 0.3) is 0 Å². The van der Waals surface area contributed by atoms with E-state index in [1.165, 1.54) is 38.8 Å². The van der Waals surface area contributed by atoms with Gasteiger partial charge in [0.25, 0.3) is 0 Å². The second-order valence-corrected chi connectivity index (χ2v) is 8.02. The summed E-state index contributed by atoms with van der Waals surface area (Å²) in [4.78, 5) is 14.4. The molecule has 2 aliphatic carbocycles. The zero-order chi connectivity index (χ0) is 14.4. The van der Waals surface area contributed by atoms with Crippen molar-refractivity contribution >= 4 is 6.09 Å². The molecule has 1 aliphatic heterocycles. The van der Waals surface area contributed by atoms with E-state index in [1.54, 1.807) is 0 Å². The van der Waals surface area contributed by atoms with E-state index in [0.29, 0.717) is 11.5 Å². The van der Waals surface area contributed by atoms with Crippen LogP contribution in [0.2, 0.25) is 0 Å². The zero-order valence-electron chi connectivity index (χ0n) is 13.1. The van der Waals surface area contributed by atoms with Gasteiger partial charge in [0.1, 0.15) is 5.60 Å². The highest BCUT2D eigenvalue weighted by atomic mass is 16.6. The number of carbonyl (C=O) groups is 1. The van der Waals surface area contributed by atoms with Crippen molar-refractivity contribution in [1.82, 2.24) is 10.2 Å². The molecule has 1 heterocycles. The van der Waals surface area contributed by atoms with Gasteiger partial charge >= 0.3 is 6.09 Å². The fourth-order valence-electron chi connectivity index (χ4n) is 3.77. The highest BCUT2D eigenvalue weighted by Crippen LogP contribution is 2.50. The SMILES string of the molecule is CC(C)(C)OC(=O)NC1CC2(CCN(C3CC3)CC2)C1. The average Bonchev–Trinajstić information content (AvgIpc) is 3.09. The standard InChI is InChI=1S/C16H28N2O2/c1-15(2,3)20-14(19)17-12-10-16(11-12)6-8-18(9-7-16)13-4-5-13/h12-13H,4-11H2,1-3H3,(H,17,19). The lowest BCUT2D eigenvalue weighted by atomic mass is 9.60. The van der Waals surface area contributed by atoms with E-state index in [0.717, 1.165) is 18.9 Å². The number of hydrogen-bond acceptors (Lipinski definition) is 3. The normalized spacial score (nSPS) is 27.1. The average molecular weight is 280 g/mol. The number of hydrogen-bond donors (Lipinski definition) is 1. The Kier molecular flexibility index (Phi) is 3.47. The van der Waals surface area contributed by atoms with Gasteiger partial charge in [-0.2, -0.15) is 0 Å². The maximum absolute atomic E-state index is 11.7. The van der Waals surface area contributed by atoms with Crippen molar-refractivity contribution in [3.63, 3.8) is 0 Å². The van der Waals surface area contributed by atoms with Gasteiger partial charge in [-0.25, -0.2) is 4.79 Å². The molecular weight excluding hydrogens is 252 g/mol. The molecule has 2 saturated carbocycles. The zero-order valence-corrected chi connectivity index (χ0v) is 13.1. The van der Waals surface area contributed by atoms with Gasteiger partial charge in [-0.1, -0.05) is 0 Å².